The molecule has 110 valence electrons. The lowest BCUT2D eigenvalue weighted by Gasteiger charge is -2.36. The average molecular weight is 294 g/mol. The minimum Gasteiger partial charge on any atom is -0.352 e. The number of rotatable bonds is 5. The first-order valence-electron chi connectivity index (χ1n) is 7.92. The third-order valence-electron chi connectivity index (χ3n) is 4.42. The van der Waals surface area contributed by atoms with Crippen molar-refractivity contribution in [3.05, 3.63) is 22.8 Å². The zero-order valence-electron chi connectivity index (χ0n) is 12.2. The highest BCUT2D eigenvalue weighted by atomic mass is 35.5. The molecule has 1 atom stereocenters. The number of hydrogen-bond donors (Lipinski definition) is 1. The van der Waals surface area contributed by atoms with Crippen LogP contribution in [0.3, 0.4) is 0 Å². The summed E-state index contributed by atoms with van der Waals surface area (Å²) in [6.45, 7) is 4.23. The molecule has 1 N–H and O–H groups in total. The van der Waals surface area contributed by atoms with Gasteiger partial charge in [-0.05, 0) is 50.2 Å². The molecule has 1 aromatic heterocycles. The molecule has 2 aliphatic rings. The van der Waals surface area contributed by atoms with Crippen molar-refractivity contribution < 1.29 is 0 Å². The van der Waals surface area contributed by atoms with Gasteiger partial charge in [-0.25, -0.2) is 4.98 Å². The molecule has 1 aliphatic carbocycles. The number of piperidine rings is 1. The summed E-state index contributed by atoms with van der Waals surface area (Å²) in [6, 6.07) is 3.41. The molecular formula is C16H24ClN3. The van der Waals surface area contributed by atoms with E-state index in [0.717, 1.165) is 30.0 Å². The van der Waals surface area contributed by atoms with E-state index in [-0.39, 0.29) is 0 Å². The molecule has 0 radical (unpaired) electrons. The van der Waals surface area contributed by atoms with Crippen molar-refractivity contribution in [2.24, 2.45) is 0 Å². The molecule has 0 aromatic carbocycles. The number of pyridine rings is 1. The smallest absolute Gasteiger partial charge is 0.147 e. The van der Waals surface area contributed by atoms with Gasteiger partial charge in [0, 0.05) is 31.4 Å². The fraction of sp³-hybridized carbons (Fsp3) is 0.688. The predicted molar refractivity (Wildman–Crippen MR) is 84.4 cm³/mol. The predicted octanol–water partition coefficient (Wildman–Crippen LogP) is 3.76. The minimum absolute atomic E-state index is 0.601. The fourth-order valence-corrected chi connectivity index (χ4v) is 3.33. The van der Waals surface area contributed by atoms with Gasteiger partial charge in [0.15, 0.2) is 0 Å². The van der Waals surface area contributed by atoms with E-state index in [9.17, 15) is 0 Å². The third-order valence-corrected chi connectivity index (χ3v) is 4.70. The van der Waals surface area contributed by atoms with Crippen LogP contribution < -0.4 is 10.2 Å². The summed E-state index contributed by atoms with van der Waals surface area (Å²) >= 11 is 6.48. The lowest BCUT2D eigenvalue weighted by molar-refractivity contribution is 0.447. The summed E-state index contributed by atoms with van der Waals surface area (Å²) < 4.78 is 0. The Balaban J connectivity index is 1.71. The largest absolute Gasteiger partial charge is 0.352 e. The standard InChI is InChI=1S/C16H24ClN3/c1-2-14-5-3-4-8-20(14)16-15(17)9-12(11-19-16)10-18-13-6-7-13/h9,11,13-14,18H,2-8,10H2,1H3. The van der Waals surface area contributed by atoms with Crippen molar-refractivity contribution in [3.63, 3.8) is 0 Å². The average Bonchev–Trinajstić information content (AvgIpc) is 3.29. The number of nitrogens with zero attached hydrogens (tertiary/aromatic N) is 2. The Morgan fingerprint density at radius 2 is 2.20 bits per heavy atom. The Bertz CT molecular complexity index is 459. The van der Waals surface area contributed by atoms with Gasteiger partial charge >= 0.3 is 0 Å². The Hall–Kier alpha value is -0.800. The molecule has 3 rings (SSSR count). The van der Waals surface area contributed by atoms with Crippen molar-refractivity contribution in [1.82, 2.24) is 10.3 Å². The van der Waals surface area contributed by atoms with Crippen LogP contribution in [0.25, 0.3) is 0 Å². The van der Waals surface area contributed by atoms with Crippen LogP contribution in [-0.4, -0.2) is 23.6 Å². The maximum absolute atomic E-state index is 6.48. The van der Waals surface area contributed by atoms with Crippen LogP contribution in [0.1, 0.15) is 51.0 Å². The van der Waals surface area contributed by atoms with Crippen LogP contribution in [0.5, 0.6) is 0 Å². The summed E-state index contributed by atoms with van der Waals surface area (Å²) in [5.74, 6) is 0.980. The van der Waals surface area contributed by atoms with Gasteiger partial charge in [0.2, 0.25) is 0 Å². The van der Waals surface area contributed by atoms with Crippen molar-refractivity contribution in [2.45, 2.75) is 64.1 Å². The molecule has 1 unspecified atom stereocenters. The van der Waals surface area contributed by atoms with Gasteiger partial charge in [-0.15, -0.1) is 0 Å². The topological polar surface area (TPSA) is 28.2 Å². The van der Waals surface area contributed by atoms with Gasteiger partial charge in [0.25, 0.3) is 0 Å². The SMILES string of the molecule is CCC1CCCCN1c1ncc(CNC2CC2)cc1Cl. The van der Waals surface area contributed by atoms with E-state index in [1.54, 1.807) is 0 Å². The van der Waals surface area contributed by atoms with E-state index in [1.807, 2.05) is 6.20 Å². The highest BCUT2D eigenvalue weighted by Gasteiger charge is 2.24. The molecule has 3 nitrogen and oxygen atoms in total. The number of aromatic nitrogens is 1. The molecule has 0 amide bonds. The second-order valence-corrected chi connectivity index (χ2v) is 6.46. The van der Waals surface area contributed by atoms with Crippen LogP contribution in [0.15, 0.2) is 12.3 Å². The summed E-state index contributed by atoms with van der Waals surface area (Å²) in [7, 11) is 0. The molecule has 20 heavy (non-hydrogen) atoms. The van der Waals surface area contributed by atoms with Crippen molar-refractivity contribution in [2.75, 3.05) is 11.4 Å². The second-order valence-electron chi connectivity index (χ2n) is 6.06. The van der Waals surface area contributed by atoms with Crippen molar-refractivity contribution in [3.8, 4) is 0 Å². The van der Waals surface area contributed by atoms with Gasteiger partial charge in [-0.2, -0.15) is 0 Å². The highest BCUT2D eigenvalue weighted by Crippen LogP contribution is 2.31. The highest BCUT2D eigenvalue weighted by molar-refractivity contribution is 6.33. The van der Waals surface area contributed by atoms with E-state index >= 15 is 0 Å². The molecule has 2 fully saturated rings. The van der Waals surface area contributed by atoms with Crippen LogP contribution >= 0.6 is 11.6 Å². The van der Waals surface area contributed by atoms with Gasteiger partial charge < -0.3 is 10.2 Å². The van der Waals surface area contributed by atoms with Gasteiger partial charge in [-0.1, -0.05) is 18.5 Å². The summed E-state index contributed by atoms with van der Waals surface area (Å²) in [4.78, 5) is 7.06. The Labute approximate surface area is 126 Å². The molecule has 4 heteroatoms. The van der Waals surface area contributed by atoms with Crippen LogP contribution in [0.2, 0.25) is 5.02 Å². The van der Waals surface area contributed by atoms with Crippen molar-refractivity contribution >= 4 is 17.4 Å². The maximum Gasteiger partial charge on any atom is 0.147 e. The Morgan fingerprint density at radius 1 is 1.35 bits per heavy atom. The quantitative estimate of drug-likeness (QED) is 0.896. The van der Waals surface area contributed by atoms with Gasteiger partial charge in [0.05, 0.1) is 5.02 Å². The van der Waals surface area contributed by atoms with E-state index in [0.29, 0.717) is 6.04 Å². The normalized spacial score (nSPS) is 23.1. The monoisotopic (exact) mass is 293 g/mol. The van der Waals surface area contributed by atoms with Crippen molar-refractivity contribution in [1.29, 1.82) is 0 Å². The number of hydrogen-bond acceptors (Lipinski definition) is 3. The van der Waals surface area contributed by atoms with E-state index < -0.39 is 0 Å². The summed E-state index contributed by atoms with van der Waals surface area (Å²) in [5, 5.41) is 4.31. The Kier molecular flexibility index (Phi) is 4.47. The summed E-state index contributed by atoms with van der Waals surface area (Å²) in [5.41, 5.74) is 1.19. The molecule has 0 spiro atoms. The molecular weight excluding hydrogens is 270 g/mol. The molecule has 1 saturated heterocycles. The number of nitrogens with one attached hydrogen (secondary N) is 1. The number of anilines is 1. The van der Waals surface area contributed by atoms with Gasteiger partial charge in [0.1, 0.15) is 5.82 Å². The third kappa shape index (κ3) is 3.26. The zero-order valence-corrected chi connectivity index (χ0v) is 13.0. The van der Waals surface area contributed by atoms with Crippen LogP contribution in [0, 0.1) is 0 Å². The fourth-order valence-electron chi connectivity index (χ4n) is 3.03. The lowest BCUT2D eigenvalue weighted by Crippen LogP contribution is -2.39. The Morgan fingerprint density at radius 3 is 2.90 bits per heavy atom. The van der Waals surface area contributed by atoms with E-state index in [2.05, 4.69) is 28.2 Å². The molecule has 1 saturated carbocycles. The molecule has 0 bridgehead atoms. The molecule has 1 aromatic rings. The zero-order chi connectivity index (χ0) is 13.9. The first kappa shape index (κ1) is 14.2. The lowest BCUT2D eigenvalue weighted by atomic mass is 10.00. The van der Waals surface area contributed by atoms with Crippen LogP contribution in [0.4, 0.5) is 5.82 Å². The second kappa shape index (κ2) is 6.31. The van der Waals surface area contributed by atoms with Crippen LogP contribution in [-0.2, 0) is 6.54 Å². The molecule has 2 heterocycles. The molecule has 1 aliphatic heterocycles. The minimum atomic E-state index is 0.601. The van der Waals surface area contributed by atoms with E-state index in [1.165, 1.54) is 44.1 Å². The van der Waals surface area contributed by atoms with Gasteiger partial charge in [-0.3, -0.25) is 0 Å². The first-order chi connectivity index (χ1) is 9.78. The number of halogens is 1. The van der Waals surface area contributed by atoms with E-state index in [4.69, 9.17) is 11.6 Å². The maximum atomic E-state index is 6.48. The first-order valence-corrected chi connectivity index (χ1v) is 8.30. The summed E-state index contributed by atoms with van der Waals surface area (Å²) in [6.07, 6.45) is 9.62.